The number of ether oxygens (including phenoxy) is 1. The van der Waals surface area contributed by atoms with E-state index in [-0.39, 0.29) is 11.7 Å². The van der Waals surface area contributed by atoms with Crippen LogP contribution < -0.4 is 4.74 Å². The molecule has 0 radical (unpaired) electrons. The van der Waals surface area contributed by atoms with Gasteiger partial charge in [0, 0.05) is 33.8 Å². The number of H-pyrrole nitrogens is 1. The summed E-state index contributed by atoms with van der Waals surface area (Å²) >= 11 is 0. The fourth-order valence-corrected chi connectivity index (χ4v) is 3.99. The predicted molar refractivity (Wildman–Crippen MR) is 110 cm³/mol. The Hall–Kier alpha value is -3.42. The normalized spacial score (nSPS) is 12.7. The van der Waals surface area contributed by atoms with Crippen molar-refractivity contribution in [3.8, 4) is 11.4 Å². The van der Waals surface area contributed by atoms with Crippen LogP contribution in [0.2, 0.25) is 0 Å². The molecule has 8 heteroatoms. The Morgan fingerprint density at radius 2 is 2.07 bits per heavy atom. The number of aliphatic carboxylic acids is 1. The summed E-state index contributed by atoms with van der Waals surface area (Å²) in [4.78, 5) is 11.2. The van der Waals surface area contributed by atoms with Gasteiger partial charge in [0.1, 0.15) is 6.17 Å². The standard InChI is InChI=1S/C22H21F2N3O3/c1-11(2)22-21(16(24)9-20(28)29)14-8-17-12(10-25-26-17)6-18(14)27(22)13-4-5-15(23)19(7-13)30-3/h4-8,10-11,16H,9H2,1-3H3,(H,25,26)(H,28,29)/t16-/m1/s1. The van der Waals surface area contributed by atoms with Crippen LogP contribution in [0.1, 0.15) is 43.6 Å². The van der Waals surface area contributed by atoms with Gasteiger partial charge in [-0.15, -0.1) is 0 Å². The van der Waals surface area contributed by atoms with E-state index in [0.29, 0.717) is 27.8 Å². The molecular formula is C22H21F2N3O3. The molecule has 4 rings (SSSR count). The van der Waals surface area contributed by atoms with Crippen molar-refractivity contribution in [2.45, 2.75) is 32.4 Å². The summed E-state index contributed by atoms with van der Waals surface area (Å²) in [6.07, 6.45) is -0.686. The summed E-state index contributed by atoms with van der Waals surface area (Å²) in [5.41, 5.74) is 2.95. The van der Waals surface area contributed by atoms with Crippen LogP contribution in [0.3, 0.4) is 0 Å². The van der Waals surface area contributed by atoms with E-state index < -0.39 is 24.4 Å². The van der Waals surface area contributed by atoms with Crippen LogP contribution in [0, 0.1) is 5.82 Å². The number of rotatable bonds is 6. The van der Waals surface area contributed by atoms with E-state index in [0.717, 1.165) is 10.9 Å². The molecule has 0 spiro atoms. The van der Waals surface area contributed by atoms with Gasteiger partial charge in [0.25, 0.3) is 0 Å². The number of nitrogens with one attached hydrogen (secondary N) is 1. The first-order valence-corrected chi connectivity index (χ1v) is 9.53. The van der Waals surface area contributed by atoms with E-state index in [2.05, 4.69) is 10.2 Å². The lowest BCUT2D eigenvalue weighted by Crippen LogP contribution is -2.08. The molecule has 0 aliphatic rings. The zero-order valence-corrected chi connectivity index (χ0v) is 16.7. The van der Waals surface area contributed by atoms with Crippen molar-refractivity contribution in [2.24, 2.45) is 0 Å². The van der Waals surface area contributed by atoms with Crippen LogP contribution in [-0.2, 0) is 4.79 Å². The third-order valence-electron chi connectivity index (χ3n) is 5.21. The first kappa shape index (κ1) is 19.9. The van der Waals surface area contributed by atoms with Gasteiger partial charge in [0.15, 0.2) is 11.6 Å². The van der Waals surface area contributed by atoms with Gasteiger partial charge in [-0.1, -0.05) is 13.8 Å². The van der Waals surface area contributed by atoms with Crippen molar-refractivity contribution >= 4 is 27.8 Å². The summed E-state index contributed by atoms with van der Waals surface area (Å²) in [6, 6.07) is 8.09. The third-order valence-corrected chi connectivity index (χ3v) is 5.21. The Kier molecular flexibility index (Phi) is 4.93. The molecule has 0 unspecified atom stereocenters. The number of benzene rings is 2. The van der Waals surface area contributed by atoms with Crippen molar-refractivity contribution in [1.29, 1.82) is 0 Å². The fraction of sp³-hybridized carbons (Fsp3) is 0.273. The maximum absolute atomic E-state index is 15.3. The van der Waals surface area contributed by atoms with Crippen molar-refractivity contribution < 1.29 is 23.4 Å². The molecule has 0 saturated carbocycles. The molecule has 0 aliphatic heterocycles. The van der Waals surface area contributed by atoms with Gasteiger partial charge in [-0.3, -0.25) is 9.89 Å². The van der Waals surface area contributed by atoms with E-state index in [1.165, 1.54) is 13.2 Å². The highest BCUT2D eigenvalue weighted by Crippen LogP contribution is 2.41. The summed E-state index contributed by atoms with van der Waals surface area (Å²) in [6.45, 7) is 3.83. The second kappa shape index (κ2) is 7.44. The van der Waals surface area contributed by atoms with Gasteiger partial charge >= 0.3 is 5.97 Å². The SMILES string of the molecule is COc1cc(-n2c(C(C)C)c([C@H](F)CC(=O)O)c3cc4[nH]ncc4cc32)ccc1F. The topological polar surface area (TPSA) is 80.1 Å². The number of alkyl halides is 1. The lowest BCUT2D eigenvalue weighted by molar-refractivity contribution is -0.138. The highest BCUT2D eigenvalue weighted by atomic mass is 19.1. The Morgan fingerprint density at radius 1 is 1.30 bits per heavy atom. The smallest absolute Gasteiger partial charge is 0.306 e. The first-order chi connectivity index (χ1) is 14.3. The van der Waals surface area contributed by atoms with E-state index in [1.54, 1.807) is 24.4 Å². The number of carboxylic acid groups (broad SMARTS) is 1. The number of nitrogens with zero attached hydrogens (tertiary/aromatic N) is 2. The molecule has 2 aromatic carbocycles. The average molecular weight is 413 g/mol. The molecule has 1 atom stereocenters. The molecule has 0 aliphatic carbocycles. The number of halogens is 2. The number of hydrogen-bond donors (Lipinski definition) is 2. The predicted octanol–water partition coefficient (Wildman–Crippen LogP) is 5.26. The van der Waals surface area contributed by atoms with Crippen molar-refractivity contribution in [3.05, 3.63) is 53.6 Å². The number of methoxy groups -OCH3 is 1. The van der Waals surface area contributed by atoms with Gasteiger partial charge in [-0.2, -0.15) is 5.10 Å². The highest BCUT2D eigenvalue weighted by Gasteiger charge is 2.28. The lowest BCUT2D eigenvalue weighted by Gasteiger charge is -2.17. The Bertz CT molecular complexity index is 1260. The zero-order chi connectivity index (χ0) is 21.6. The molecule has 4 aromatic rings. The summed E-state index contributed by atoms with van der Waals surface area (Å²) in [5.74, 6) is -1.79. The second-order valence-electron chi connectivity index (χ2n) is 7.50. The molecule has 6 nitrogen and oxygen atoms in total. The third kappa shape index (κ3) is 3.18. The Labute approximate surface area is 171 Å². The largest absolute Gasteiger partial charge is 0.494 e. The van der Waals surface area contributed by atoms with Gasteiger partial charge in [0.2, 0.25) is 0 Å². The molecule has 2 heterocycles. The highest BCUT2D eigenvalue weighted by molar-refractivity contribution is 5.99. The maximum Gasteiger partial charge on any atom is 0.306 e. The van der Waals surface area contributed by atoms with Gasteiger partial charge in [0.05, 0.1) is 30.8 Å². The quantitative estimate of drug-likeness (QED) is 0.452. The maximum atomic E-state index is 15.3. The Morgan fingerprint density at radius 3 is 2.73 bits per heavy atom. The van der Waals surface area contributed by atoms with Crippen LogP contribution in [0.25, 0.3) is 27.5 Å². The van der Waals surface area contributed by atoms with E-state index >= 15 is 4.39 Å². The molecule has 0 saturated heterocycles. The van der Waals surface area contributed by atoms with E-state index in [9.17, 15) is 14.3 Å². The number of aromatic amines is 1. The van der Waals surface area contributed by atoms with Crippen LogP contribution in [0.15, 0.2) is 36.5 Å². The molecule has 156 valence electrons. The summed E-state index contributed by atoms with van der Waals surface area (Å²) < 4.78 is 36.3. The van der Waals surface area contributed by atoms with E-state index in [1.807, 2.05) is 24.5 Å². The van der Waals surface area contributed by atoms with Crippen LogP contribution in [0.4, 0.5) is 8.78 Å². The van der Waals surface area contributed by atoms with Gasteiger partial charge < -0.3 is 14.4 Å². The van der Waals surface area contributed by atoms with E-state index in [4.69, 9.17) is 4.74 Å². The fourth-order valence-electron chi connectivity index (χ4n) is 3.99. The number of aromatic nitrogens is 3. The molecule has 0 amide bonds. The molecule has 0 fully saturated rings. The van der Waals surface area contributed by atoms with Crippen LogP contribution >= 0.6 is 0 Å². The monoisotopic (exact) mass is 413 g/mol. The number of fused-ring (bicyclic) bond motifs is 2. The summed E-state index contributed by atoms with van der Waals surface area (Å²) in [5, 5.41) is 17.5. The minimum absolute atomic E-state index is 0.0670. The number of carboxylic acids is 1. The number of carbonyl (C=O) groups is 1. The minimum Gasteiger partial charge on any atom is -0.494 e. The van der Waals surface area contributed by atoms with Gasteiger partial charge in [-0.05, 0) is 30.2 Å². The first-order valence-electron chi connectivity index (χ1n) is 9.53. The summed E-state index contributed by atoms with van der Waals surface area (Å²) in [7, 11) is 1.38. The van der Waals surface area contributed by atoms with Crippen LogP contribution in [0.5, 0.6) is 5.75 Å². The minimum atomic E-state index is -1.70. The molecule has 2 N–H and O–H groups in total. The Balaban J connectivity index is 2.12. The van der Waals surface area contributed by atoms with Crippen molar-refractivity contribution in [1.82, 2.24) is 14.8 Å². The molecule has 2 aromatic heterocycles. The van der Waals surface area contributed by atoms with Crippen LogP contribution in [-0.4, -0.2) is 33.0 Å². The molecule has 0 bridgehead atoms. The average Bonchev–Trinajstić information content (AvgIpc) is 3.27. The van der Waals surface area contributed by atoms with Crippen molar-refractivity contribution in [3.63, 3.8) is 0 Å². The second-order valence-corrected chi connectivity index (χ2v) is 7.50. The molecular weight excluding hydrogens is 392 g/mol. The lowest BCUT2D eigenvalue weighted by atomic mass is 9.97. The van der Waals surface area contributed by atoms with Gasteiger partial charge in [-0.25, -0.2) is 8.78 Å². The zero-order valence-electron chi connectivity index (χ0n) is 16.7. The molecule has 30 heavy (non-hydrogen) atoms. The van der Waals surface area contributed by atoms with Crippen molar-refractivity contribution in [2.75, 3.05) is 7.11 Å². The number of hydrogen-bond acceptors (Lipinski definition) is 3.